The first-order valence-corrected chi connectivity index (χ1v) is 7.01. The highest BCUT2D eigenvalue weighted by atomic mass is 79.9. The molecule has 1 aromatic carbocycles. The van der Waals surface area contributed by atoms with Crippen molar-refractivity contribution in [3.63, 3.8) is 0 Å². The SMILES string of the molecule is CC(C)(C)NC(=O)NC(=O)COC(=O)c1ccc(Br)cc1. The van der Waals surface area contributed by atoms with Crippen LogP contribution in [0.1, 0.15) is 31.1 Å². The van der Waals surface area contributed by atoms with Gasteiger partial charge < -0.3 is 10.1 Å². The molecule has 0 bridgehead atoms. The van der Waals surface area contributed by atoms with E-state index in [1.165, 1.54) is 0 Å². The Kier molecular flexibility index (Phi) is 5.90. The second-order valence-electron chi connectivity index (χ2n) is 5.34. The minimum atomic E-state index is -0.692. The molecule has 6 nitrogen and oxygen atoms in total. The van der Waals surface area contributed by atoms with E-state index in [-0.39, 0.29) is 0 Å². The van der Waals surface area contributed by atoms with Crippen molar-refractivity contribution in [1.82, 2.24) is 10.6 Å². The highest BCUT2D eigenvalue weighted by molar-refractivity contribution is 9.10. The molecule has 0 aliphatic rings. The summed E-state index contributed by atoms with van der Waals surface area (Å²) >= 11 is 3.25. The molecule has 3 amide bonds. The van der Waals surface area contributed by atoms with Gasteiger partial charge in [-0.2, -0.15) is 0 Å². The Hall–Kier alpha value is -1.89. The van der Waals surface area contributed by atoms with Crippen molar-refractivity contribution >= 4 is 33.8 Å². The van der Waals surface area contributed by atoms with Crippen LogP contribution in [0.2, 0.25) is 0 Å². The van der Waals surface area contributed by atoms with Crippen LogP contribution in [0.5, 0.6) is 0 Å². The zero-order chi connectivity index (χ0) is 16.0. The number of amides is 3. The van der Waals surface area contributed by atoms with Crippen molar-refractivity contribution in [1.29, 1.82) is 0 Å². The van der Waals surface area contributed by atoms with Crippen molar-refractivity contribution in [3.05, 3.63) is 34.3 Å². The molecule has 0 saturated heterocycles. The quantitative estimate of drug-likeness (QED) is 0.813. The minimum Gasteiger partial charge on any atom is -0.452 e. The third kappa shape index (κ3) is 6.89. The lowest BCUT2D eigenvalue weighted by Crippen LogP contribution is -2.49. The predicted molar refractivity (Wildman–Crippen MR) is 80.9 cm³/mol. The summed E-state index contributed by atoms with van der Waals surface area (Å²) in [4.78, 5) is 34.6. The summed E-state index contributed by atoms with van der Waals surface area (Å²) in [5.41, 5.74) is -0.136. The molecule has 114 valence electrons. The topological polar surface area (TPSA) is 84.5 Å². The molecule has 2 N–H and O–H groups in total. The Morgan fingerprint density at radius 3 is 2.24 bits per heavy atom. The van der Waals surface area contributed by atoms with Gasteiger partial charge in [0.2, 0.25) is 0 Å². The monoisotopic (exact) mass is 356 g/mol. The second kappa shape index (κ2) is 7.21. The Morgan fingerprint density at radius 2 is 1.71 bits per heavy atom. The van der Waals surface area contributed by atoms with Crippen LogP contribution in [0.4, 0.5) is 4.79 Å². The molecular formula is C14H17BrN2O4. The molecule has 0 aromatic heterocycles. The number of hydrogen-bond donors (Lipinski definition) is 2. The third-order valence-electron chi connectivity index (χ3n) is 2.16. The molecular weight excluding hydrogens is 340 g/mol. The number of ether oxygens (including phenoxy) is 1. The van der Waals surface area contributed by atoms with Gasteiger partial charge in [0.15, 0.2) is 6.61 Å². The van der Waals surface area contributed by atoms with Crippen LogP contribution in [-0.2, 0) is 9.53 Å². The molecule has 7 heteroatoms. The van der Waals surface area contributed by atoms with E-state index in [0.717, 1.165) is 4.47 Å². The fraction of sp³-hybridized carbons (Fsp3) is 0.357. The molecule has 1 rings (SSSR count). The van der Waals surface area contributed by atoms with Gasteiger partial charge in [-0.05, 0) is 45.0 Å². The van der Waals surface area contributed by atoms with E-state index in [1.807, 2.05) is 0 Å². The zero-order valence-corrected chi connectivity index (χ0v) is 13.6. The van der Waals surface area contributed by atoms with Crippen molar-refractivity contribution in [2.24, 2.45) is 0 Å². The molecule has 1 aromatic rings. The first-order valence-electron chi connectivity index (χ1n) is 6.22. The van der Waals surface area contributed by atoms with Gasteiger partial charge in [0.1, 0.15) is 0 Å². The lowest BCUT2D eigenvalue weighted by molar-refractivity contribution is -0.123. The van der Waals surface area contributed by atoms with Crippen molar-refractivity contribution in [2.75, 3.05) is 6.61 Å². The maximum Gasteiger partial charge on any atom is 0.338 e. The van der Waals surface area contributed by atoms with E-state index in [0.29, 0.717) is 5.56 Å². The highest BCUT2D eigenvalue weighted by Gasteiger charge is 2.16. The molecule has 21 heavy (non-hydrogen) atoms. The van der Waals surface area contributed by atoms with Gasteiger partial charge in [0.05, 0.1) is 5.56 Å². The largest absolute Gasteiger partial charge is 0.452 e. The smallest absolute Gasteiger partial charge is 0.338 e. The van der Waals surface area contributed by atoms with Crippen molar-refractivity contribution in [3.8, 4) is 0 Å². The number of nitrogens with one attached hydrogen (secondary N) is 2. The van der Waals surface area contributed by atoms with Crippen LogP contribution in [0.3, 0.4) is 0 Å². The number of hydrogen-bond acceptors (Lipinski definition) is 4. The van der Waals surface area contributed by atoms with Crippen LogP contribution >= 0.6 is 15.9 Å². The number of carbonyl (C=O) groups is 3. The van der Waals surface area contributed by atoms with E-state index < -0.39 is 30.1 Å². The van der Waals surface area contributed by atoms with E-state index in [4.69, 9.17) is 4.74 Å². The lowest BCUT2D eigenvalue weighted by Gasteiger charge is -2.20. The van der Waals surface area contributed by atoms with Gasteiger partial charge in [-0.1, -0.05) is 15.9 Å². The van der Waals surface area contributed by atoms with Crippen LogP contribution in [0, 0.1) is 0 Å². The number of rotatable bonds is 3. The normalized spacial score (nSPS) is 10.7. The minimum absolute atomic E-state index is 0.324. The van der Waals surface area contributed by atoms with Gasteiger partial charge >= 0.3 is 12.0 Å². The maximum absolute atomic E-state index is 11.7. The summed E-state index contributed by atoms with van der Waals surface area (Å²) in [7, 11) is 0. The predicted octanol–water partition coefficient (Wildman–Crippen LogP) is 2.23. The van der Waals surface area contributed by atoms with Gasteiger partial charge in [0, 0.05) is 10.0 Å². The molecule has 0 radical (unpaired) electrons. The fourth-order valence-electron chi connectivity index (χ4n) is 1.33. The summed E-state index contributed by atoms with van der Waals surface area (Å²) in [5.74, 6) is -1.32. The Bertz CT molecular complexity index is 535. The molecule has 0 aliphatic heterocycles. The van der Waals surface area contributed by atoms with Crippen molar-refractivity contribution in [2.45, 2.75) is 26.3 Å². The third-order valence-corrected chi connectivity index (χ3v) is 2.68. The van der Waals surface area contributed by atoms with E-state index in [2.05, 4.69) is 26.6 Å². The van der Waals surface area contributed by atoms with Gasteiger partial charge in [-0.25, -0.2) is 9.59 Å². The molecule has 0 heterocycles. The summed E-state index contributed by atoms with van der Waals surface area (Å²) in [6, 6.07) is 5.88. The summed E-state index contributed by atoms with van der Waals surface area (Å²) in [6.45, 7) is 4.83. The summed E-state index contributed by atoms with van der Waals surface area (Å²) < 4.78 is 5.64. The molecule has 0 spiro atoms. The first-order chi connectivity index (χ1) is 9.67. The molecule has 0 saturated carbocycles. The Morgan fingerprint density at radius 1 is 1.14 bits per heavy atom. The van der Waals surface area contributed by atoms with Crippen LogP contribution < -0.4 is 10.6 Å². The molecule has 0 fully saturated rings. The van der Waals surface area contributed by atoms with Gasteiger partial charge in [0.25, 0.3) is 5.91 Å². The fourth-order valence-corrected chi connectivity index (χ4v) is 1.60. The molecule has 0 unspecified atom stereocenters. The highest BCUT2D eigenvalue weighted by Crippen LogP contribution is 2.11. The van der Waals surface area contributed by atoms with E-state index >= 15 is 0 Å². The lowest BCUT2D eigenvalue weighted by atomic mass is 10.1. The maximum atomic E-state index is 11.7. The van der Waals surface area contributed by atoms with E-state index in [1.54, 1.807) is 45.0 Å². The zero-order valence-electron chi connectivity index (χ0n) is 12.0. The Labute approximate surface area is 131 Å². The number of carbonyl (C=O) groups excluding carboxylic acids is 3. The number of halogens is 1. The number of benzene rings is 1. The molecule has 0 aliphatic carbocycles. The second-order valence-corrected chi connectivity index (χ2v) is 6.25. The summed E-state index contributed by atoms with van der Waals surface area (Å²) in [5, 5.41) is 4.64. The Balaban J connectivity index is 2.41. The standard InChI is InChI=1S/C14H17BrN2O4/c1-14(2,3)17-13(20)16-11(18)8-21-12(19)9-4-6-10(15)7-5-9/h4-7H,8H2,1-3H3,(H2,16,17,18,20). The van der Waals surface area contributed by atoms with Gasteiger partial charge in [-0.3, -0.25) is 10.1 Å². The number of imide groups is 1. The number of esters is 1. The van der Waals surface area contributed by atoms with Crippen LogP contribution in [0.15, 0.2) is 28.7 Å². The average molecular weight is 357 g/mol. The summed E-state index contributed by atoms with van der Waals surface area (Å²) in [6.07, 6.45) is 0. The number of urea groups is 1. The first kappa shape index (κ1) is 17.2. The van der Waals surface area contributed by atoms with Crippen molar-refractivity contribution < 1.29 is 19.1 Å². The van der Waals surface area contributed by atoms with E-state index in [9.17, 15) is 14.4 Å². The average Bonchev–Trinajstić information content (AvgIpc) is 2.34. The van der Waals surface area contributed by atoms with Crippen LogP contribution in [0.25, 0.3) is 0 Å². The van der Waals surface area contributed by atoms with Gasteiger partial charge in [-0.15, -0.1) is 0 Å². The molecule has 0 atom stereocenters. The van der Waals surface area contributed by atoms with Crippen LogP contribution in [-0.4, -0.2) is 30.1 Å².